The van der Waals surface area contributed by atoms with Gasteiger partial charge in [-0.05, 0) is 31.0 Å². The van der Waals surface area contributed by atoms with Crippen LogP contribution in [0.2, 0.25) is 0 Å². The van der Waals surface area contributed by atoms with Crippen LogP contribution < -0.4 is 10.5 Å². The Balaban J connectivity index is 1.27. The highest BCUT2D eigenvalue weighted by atomic mass is 32.2. The van der Waals surface area contributed by atoms with E-state index in [1.54, 1.807) is 12.4 Å². The van der Waals surface area contributed by atoms with E-state index in [-0.39, 0.29) is 11.3 Å². The molecule has 1 aliphatic heterocycles. The summed E-state index contributed by atoms with van der Waals surface area (Å²) in [6.45, 7) is 2.37. The topological polar surface area (TPSA) is 103 Å². The lowest BCUT2D eigenvalue weighted by Gasteiger charge is -2.40. The van der Waals surface area contributed by atoms with Gasteiger partial charge in [-0.25, -0.2) is 0 Å². The van der Waals surface area contributed by atoms with Crippen LogP contribution in [-0.4, -0.2) is 55.0 Å². The molecule has 2 aromatic heterocycles. The van der Waals surface area contributed by atoms with E-state index in [4.69, 9.17) is 10.5 Å². The smallest absolute Gasteiger partial charge is 0.138 e. The summed E-state index contributed by atoms with van der Waals surface area (Å²) in [4.78, 5) is 4.41. The Hall–Kier alpha value is -1.61. The number of nitrogens with zero attached hydrogens (tertiary/aromatic N) is 3. The van der Waals surface area contributed by atoms with Gasteiger partial charge < -0.3 is 15.0 Å². The Morgan fingerprint density at radius 1 is 1.35 bits per heavy atom. The molecule has 1 unspecified atom stereocenters. The van der Waals surface area contributed by atoms with Crippen molar-refractivity contribution in [3.05, 3.63) is 30.6 Å². The lowest BCUT2D eigenvalue weighted by molar-refractivity contribution is 0.177. The number of ether oxygens (including phenoxy) is 1. The highest BCUT2D eigenvalue weighted by Crippen LogP contribution is 2.31. The van der Waals surface area contributed by atoms with Gasteiger partial charge in [-0.3, -0.25) is 10.1 Å². The number of pyridine rings is 1. The zero-order valence-electron chi connectivity index (χ0n) is 14.7. The van der Waals surface area contributed by atoms with E-state index in [0.29, 0.717) is 12.5 Å². The Morgan fingerprint density at radius 3 is 2.92 bits per heavy atom. The monoisotopic (exact) mass is 375 g/mol. The number of H-pyrrole nitrogens is 1. The van der Waals surface area contributed by atoms with Crippen LogP contribution in [0.4, 0.5) is 0 Å². The van der Waals surface area contributed by atoms with Gasteiger partial charge in [0, 0.05) is 48.9 Å². The van der Waals surface area contributed by atoms with Gasteiger partial charge in [0.15, 0.2) is 0 Å². The number of piperidine rings is 1. The molecule has 7 nitrogen and oxygen atoms in total. The number of aromatic amines is 1. The maximum Gasteiger partial charge on any atom is 0.138 e. The van der Waals surface area contributed by atoms with Crippen LogP contribution in [0.1, 0.15) is 25.7 Å². The van der Waals surface area contributed by atoms with Gasteiger partial charge in [0.2, 0.25) is 0 Å². The molecule has 0 radical (unpaired) electrons. The highest BCUT2D eigenvalue weighted by molar-refractivity contribution is 7.89. The van der Waals surface area contributed by atoms with Crippen LogP contribution in [0.5, 0.6) is 5.75 Å². The molecule has 0 aromatic carbocycles. The first-order chi connectivity index (χ1) is 12.7. The Labute approximate surface area is 156 Å². The van der Waals surface area contributed by atoms with Crippen LogP contribution in [-0.2, 0) is 11.4 Å². The highest BCUT2D eigenvalue weighted by Gasteiger charge is 2.41. The summed E-state index contributed by atoms with van der Waals surface area (Å²) in [7, 11) is 0. The molecule has 1 aliphatic carbocycles. The molecule has 1 saturated heterocycles. The van der Waals surface area contributed by atoms with Crippen molar-refractivity contribution < 1.29 is 9.29 Å². The fraction of sp³-hybridized carbons (Fsp3) is 0.556. The first-order valence-electron chi connectivity index (χ1n) is 9.19. The van der Waals surface area contributed by atoms with Crippen molar-refractivity contribution in [3.63, 3.8) is 0 Å². The SMILES string of the molecule is N[C@H]1C[C@@H]([S+]([O-])N2CCC[C@@H](COc3ccc(-c4ccn[nH]4)nc3)C2)C1. The van der Waals surface area contributed by atoms with E-state index in [1.807, 2.05) is 18.2 Å². The van der Waals surface area contributed by atoms with E-state index in [0.717, 1.165) is 55.9 Å². The fourth-order valence-corrected chi connectivity index (χ4v) is 5.46. The molecule has 2 aliphatic rings. The van der Waals surface area contributed by atoms with E-state index >= 15 is 0 Å². The van der Waals surface area contributed by atoms with Crippen molar-refractivity contribution in [2.45, 2.75) is 37.0 Å². The molecule has 2 fully saturated rings. The summed E-state index contributed by atoms with van der Waals surface area (Å²) < 4.78 is 20.7. The van der Waals surface area contributed by atoms with Crippen molar-refractivity contribution in [1.29, 1.82) is 0 Å². The van der Waals surface area contributed by atoms with Crippen molar-refractivity contribution >= 4 is 11.4 Å². The largest absolute Gasteiger partial charge is 0.598 e. The second kappa shape index (κ2) is 7.96. The van der Waals surface area contributed by atoms with Crippen LogP contribution in [0.15, 0.2) is 30.6 Å². The summed E-state index contributed by atoms with van der Waals surface area (Å²) in [6, 6.07) is 5.97. The van der Waals surface area contributed by atoms with E-state index in [2.05, 4.69) is 19.5 Å². The number of hydrogen-bond acceptors (Lipinski definition) is 6. The van der Waals surface area contributed by atoms with Crippen molar-refractivity contribution in [2.24, 2.45) is 11.7 Å². The predicted molar refractivity (Wildman–Crippen MR) is 101 cm³/mol. The van der Waals surface area contributed by atoms with Crippen LogP contribution in [0, 0.1) is 5.92 Å². The zero-order chi connectivity index (χ0) is 17.9. The Bertz CT molecular complexity index is 690. The molecule has 2 atom stereocenters. The van der Waals surface area contributed by atoms with E-state index < -0.39 is 11.4 Å². The van der Waals surface area contributed by atoms with Crippen LogP contribution in [0.3, 0.4) is 0 Å². The second-order valence-electron chi connectivity index (χ2n) is 7.19. The third-order valence-electron chi connectivity index (χ3n) is 5.15. The number of hydrogen-bond donors (Lipinski definition) is 2. The maximum absolute atomic E-state index is 12.6. The minimum atomic E-state index is -0.898. The Morgan fingerprint density at radius 2 is 2.23 bits per heavy atom. The molecular formula is C18H25N5O2S. The molecule has 3 heterocycles. The summed E-state index contributed by atoms with van der Waals surface area (Å²) in [5, 5.41) is 7.09. The fourth-order valence-electron chi connectivity index (χ4n) is 3.55. The number of nitrogens with two attached hydrogens (primary N) is 1. The third-order valence-corrected chi connectivity index (χ3v) is 6.95. The van der Waals surface area contributed by atoms with Gasteiger partial charge in [-0.1, -0.05) is 0 Å². The third kappa shape index (κ3) is 4.03. The quantitative estimate of drug-likeness (QED) is 0.745. The molecule has 0 spiro atoms. The van der Waals surface area contributed by atoms with Gasteiger partial charge >= 0.3 is 0 Å². The van der Waals surface area contributed by atoms with Gasteiger partial charge in [0.25, 0.3) is 0 Å². The molecule has 4 rings (SSSR count). The van der Waals surface area contributed by atoms with Gasteiger partial charge in [-0.15, -0.1) is 4.31 Å². The van der Waals surface area contributed by atoms with Crippen molar-refractivity contribution in [2.75, 3.05) is 19.7 Å². The molecule has 0 amide bonds. The first-order valence-corrected chi connectivity index (χ1v) is 10.4. The average Bonchev–Trinajstić information content (AvgIpc) is 3.19. The number of nitrogens with one attached hydrogen (secondary N) is 1. The second-order valence-corrected chi connectivity index (χ2v) is 8.92. The van der Waals surface area contributed by atoms with Gasteiger partial charge in [0.05, 0.1) is 30.7 Å². The van der Waals surface area contributed by atoms with Gasteiger partial charge in [0.1, 0.15) is 11.0 Å². The van der Waals surface area contributed by atoms with Crippen molar-refractivity contribution in [1.82, 2.24) is 19.5 Å². The maximum atomic E-state index is 12.6. The molecule has 1 saturated carbocycles. The van der Waals surface area contributed by atoms with E-state index in [9.17, 15) is 4.55 Å². The minimum Gasteiger partial charge on any atom is -0.598 e. The molecular weight excluding hydrogens is 350 g/mol. The average molecular weight is 375 g/mol. The summed E-state index contributed by atoms with van der Waals surface area (Å²) in [5.41, 5.74) is 7.56. The predicted octanol–water partition coefficient (Wildman–Crippen LogP) is 1.72. The summed E-state index contributed by atoms with van der Waals surface area (Å²) >= 11 is -0.898. The van der Waals surface area contributed by atoms with Gasteiger partial charge in [-0.2, -0.15) is 5.10 Å². The van der Waals surface area contributed by atoms with Crippen LogP contribution >= 0.6 is 0 Å². The molecule has 8 heteroatoms. The first kappa shape index (κ1) is 17.8. The standard InChI is InChI=1S/C18H25N5O2S/c19-14-8-16(9-14)26(24)23-7-1-2-13(11-23)12-25-15-3-4-17(20-10-15)18-5-6-21-22-18/h3-6,10,13-14,16H,1-2,7-9,11-12,19H2,(H,21,22)/t13-,14-,16+,26?/m1/s1. The number of aromatic nitrogens is 3. The summed E-state index contributed by atoms with van der Waals surface area (Å²) in [6.07, 6.45) is 7.40. The molecule has 140 valence electrons. The van der Waals surface area contributed by atoms with Crippen LogP contribution in [0.25, 0.3) is 11.4 Å². The minimum absolute atomic E-state index is 0.241. The Kier molecular flexibility index (Phi) is 5.44. The van der Waals surface area contributed by atoms with Crippen molar-refractivity contribution in [3.8, 4) is 17.1 Å². The molecule has 0 bridgehead atoms. The lowest BCUT2D eigenvalue weighted by Crippen LogP contribution is -2.52. The zero-order valence-corrected chi connectivity index (χ0v) is 15.5. The molecule has 26 heavy (non-hydrogen) atoms. The number of rotatable bonds is 6. The van der Waals surface area contributed by atoms with E-state index in [1.165, 1.54) is 0 Å². The lowest BCUT2D eigenvalue weighted by atomic mass is 9.94. The summed E-state index contributed by atoms with van der Waals surface area (Å²) in [5.74, 6) is 1.16. The molecule has 3 N–H and O–H groups in total. The molecule has 2 aromatic rings. The normalized spacial score (nSPS) is 27.7.